The van der Waals surface area contributed by atoms with Gasteiger partial charge in [-0.05, 0) is 35.2 Å². The van der Waals surface area contributed by atoms with Gasteiger partial charge in [-0.2, -0.15) is 0 Å². The second-order valence-corrected chi connectivity index (χ2v) is 7.43. The lowest BCUT2D eigenvalue weighted by atomic mass is 9.86. The van der Waals surface area contributed by atoms with E-state index in [0.29, 0.717) is 18.7 Å². The Kier molecular flexibility index (Phi) is 4.62. The van der Waals surface area contributed by atoms with E-state index in [4.69, 9.17) is 0 Å². The molecule has 2 aromatic rings. The van der Waals surface area contributed by atoms with Gasteiger partial charge in [0.25, 0.3) is 5.91 Å². The number of nitrogens with zero attached hydrogens (tertiary/aromatic N) is 2. The first kappa shape index (κ1) is 17.2. The van der Waals surface area contributed by atoms with Crippen LogP contribution >= 0.6 is 0 Å². The summed E-state index contributed by atoms with van der Waals surface area (Å²) in [5.74, 6) is -0.126. The summed E-state index contributed by atoms with van der Waals surface area (Å²) in [4.78, 5) is 28.5. The standard InChI is InChI=1S/C21H24N2O2/c1-21(2,3)17-11-9-16(10-12-17)20(25)22-13-14-23(19(24)15-22)18-7-5-4-6-8-18/h4-12H,13-15H2,1-3H3. The van der Waals surface area contributed by atoms with E-state index in [2.05, 4.69) is 20.8 Å². The molecular weight excluding hydrogens is 312 g/mol. The summed E-state index contributed by atoms with van der Waals surface area (Å²) in [6, 6.07) is 17.3. The highest BCUT2D eigenvalue weighted by atomic mass is 16.2. The lowest BCUT2D eigenvalue weighted by Crippen LogP contribution is -2.52. The number of hydrogen-bond donors (Lipinski definition) is 0. The van der Waals surface area contributed by atoms with E-state index in [1.54, 1.807) is 9.80 Å². The fraction of sp³-hybridized carbons (Fsp3) is 0.333. The van der Waals surface area contributed by atoms with Crippen LogP contribution in [-0.4, -0.2) is 36.3 Å². The minimum absolute atomic E-state index is 0.0443. The van der Waals surface area contributed by atoms with Crippen molar-refractivity contribution in [2.45, 2.75) is 26.2 Å². The van der Waals surface area contributed by atoms with Crippen molar-refractivity contribution >= 4 is 17.5 Å². The fourth-order valence-electron chi connectivity index (χ4n) is 3.02. The van der Waals surface area contributed by atoms with Crippen LogP contribution in [0.15, 0.2) is 54.6 Å². The molecule has 1 fully saturated rings. The van der Waals surface area contributed by atoms with Gasteiger partial charge in [0, 0.05) is 24.3 Å². The molecule has 0 aromatic heterocycles. The first-order valence-corrected chi connectivity index (χ1v) is 8.61. The monoisotopic (exact) mass is 336 g/mol. The molecule has 4 nitrogen and oxygen atoms in total. The van der Waals surface area contributed by atoms with Crippen LogP contribution in [0, 0.1) is 0 Å². The average Bonchev–Trinajstić information content (AvgIpc) is 2.61. The molecule has 1 aliphatic rings. The molecule has 2 amide bonds. The van der Waals surface area contributed by atoms with Gasteiger partial charge < -0.3 is 9.80 Å². The first-order chi connectivity index (χ1) is 11.9. The van der Waals surface area contributed by atoms with Crippen LogP contribution in [0.4, 0.5) is 5.69 Å². The highest BCUT2D eigenvalue weighted by Gasteiger charge is 2.28. The minimum atomic E-state index is -0.0819. The molecule has 2 aromatic carbocycles. The molecule has 0 atom stereocenters. The Balaban J connectivity index is 1.70. The Morgan fingerprint density at radius 3 is 2.12 bits per heavy atom. The Hall–Kier alpha value is -2.62. The van der Waals surface area contributed by atoms with E-state index in [9.17, 15) is 9.59 Å². The molecule has 0 aliphatic carbocycles. The minimum Gasteiger partial charge on any atom is -0.328 e. The average molecular weight is 336 g/mol. The number of benzene rings is 2. The SMILES string of the molecule is CC(C)(C)c1ccc(C(=O)N2CCN(c3ccccc3)C(=O)C2)cc1. The smallest absolute Gasteiger partial charge is 0.254 e. The fourth-order valence-corrected chi connectivity index (χ4v) is 3.02. The lowest BCUT2D eigenvalue weighted by Gasteiger charge is -2.34. The second-order valence-electron chi connectivity index (χ2n) is 7.43. The normalized spacial score (nSPS) is 15.4. The molecule has 0 saturated carbocycles. The van der Waals surface area contributed by atoms with Gasteiger partial charge in [0.1, 0.15) is 6.54 Å². The third kappa shape index (κ3) is 3.73. The van der Waals surface area contributed by atoms with Crippen molar-refractivity contribution in [1.82, 2.24) is 4.90 Å². The number of carbonyl (C=O) groups is 2. The first-order valence-electron chi connectivity index (χ1n) is 8.61. The molecule has 4 heteroatoms. The molecule has 0 N–H and O–H groups in total. The summed E-state index contributed by atoms with van der Waals surface area (Å²) >= 11 is 0. The topological polar surface area (TPSA) is 40.6 Å². The molecule has 1 heterocycles. The zero-order valence-electron chi connectivity index (χ0n) is 15.0. The zero-order chi connectivity index (χ0) is 18.0. The van der Waals surface area contributed by atoms with Gasteiger partial charge in [0.15, 0.2) is 0 Å². The molecule has 3 rings (SSSR count). The summed E-state index contributed by atoms with van der Waals surface area (Å²) in [5.41, 5.74) is 2.76. The van der Waals surface area contributed by atoms with Crippen LogP contribution in [0.2, 0.25) is 0 Å². The maximum Gasteiger partial charge on any atom is 0.254 e. The third-order valence-electron chi connectivity index (χ3n) is 4.57. The Labute approximate surface area is 149 Å². The number of para-hydroxylation sites is 1. The third-order valence-corrected chi connectivity index (χ3v) is 4.57. The molecule has 1 aliphatic heterocycles. The number of anilines is 1. The van der Waals surface area contributed by atoms with Crippen molar-refractivity contribution < 1.29 is 9.59 Å². The van der Waals surface area contributed by atoms with Gasteiger partial charge in [0.2, 0.25) is 5.91 Å². The van der Waals surface area contributed by atoms with E-state index in [1.165, 1.54) is 5.56 Å². The predicted molar refractivity (Wildman–Crippen MR) is 99.8 cm³/mol. The van der Waals surface area contributed by atoms with Gasteiger partial charge in [-0.3, -0.25) is 9.59 Å². The zero-order valence-corrected chi connectivity index (χ0v) is 15.0. The molecule has 1 saturated heterocycles. The van der Waals surface area contributed by atoms with Gasteiger partial charge in [-0.1, -0.05) is 51.1 Å². The summed E-state index contributed by atoms with van der Waals surface area (Å²) in [7, 11) is 0. The van der Waals surface area contributed by atoms with Crippen molar-refractivity contribution in [2.75, 3.05) is 24.5 Å². The van der Waals surface area contributed by atoms with Crippen molar-refractivity contribution in [2.24, 2.45) is 0 Å². The summed E-state index contributed by atoms with van der Waals surface area (Å²) in [6.07, 6.45) is 0. The van der Waals surface area contributed by atoms with E-state index < -0.39 is 0 Å². The number of carbonyl (C=O) groups excluding carboxylic acids is 2. The molecular formula is C21H24N2O2. The van der Waals surface area contributed by atoms with Crippen LogP contribution in [0.25, 0.3) is 0 Å². The molecule has 0 unspecified atom stereocenters. The maximum atomic E-state index is 12.7. The van der Waals surface area contributed by atoms with Gasteiger partial charge in [-0.15, -0.1) is 0 Å². The highest BCUT2D eigenvalue weighted by Crippen LogP contribution is 2.23. The predicted octanol–water partition coefficient (Wildman–Crippen LogP) is 3.47. The quantitative estimate of drug-likeness (QED) is 0.842. The van der Waals surface area contributed by atoms with Crippen LogP contribution in [-0.2, 0) is 10.2 Å². The van der Waals surface area contributed by atoms with Gasteiger partial charge >= 0.3 is 0 Å². The van der Waals surface area contributed by atoms with E-state index in [0.717, 1.165) is 5.69 Å². The number of piperazine rings is 1. The summed E-state index contributed by atoms with van der Waals surface area (Å²) < 4.78 is 0. The van der Waals surface area contributed by atoms with Crippen LogP contribution in [0.3, 0.4) is 0 Å². The molecule has 0 spiro atoms. The van der Waals surface area contributed by atoms with Crippen LogP contribution < -0.4 is 4.90 Å². The van der Waals surface area contributed by atoms with Crippen LogP contribution in [0.1, 0.15) is 36.7 Å². The number of hydrogen-bond acceptors (Lipinski definition) is 2. The van der Waals surface area contributed by atoms with Crippen molar-refractivity contribution in [3.63, 3.8) is 0 Å². The molecule has 130 valence electrons. The lowest BCUT2D eigenvalue weighted by molar-refractivity contribution is -0.120. The Bertz CT molecular complexity index is 761. The number of rotatable bonds is 2. The van der Waals surface area contributed by atoms with E-state index in [-0.39, 0.29) is 23.8 Å². The van der Waals surface area contributed by atoms with Crippen LogP contribution in [0.5, 0.6) is 0 Å². The highest BCUT2D eigenvalue weighted by molar-refractivity contribution is 6.01. The van der Waals surface area contributed by atoms with Gasteiger partial charge in [0.05, 0.1) is 0 Å². The summed E-state index contributed by atoms with van der Waals surface area (Å²) in [5, 5.41) is 0. The van der Waals surface area contributed by atoms with Crippen molar-refractivity contribution in [1.29, 1.82) is 0 Å². The van der Waals surface area contributed by atoms with E-state index >= 15 is 0 Å². The molecule has 0 bridgehead atoms. The Morgan fingerprint density at radius 2 is 1.56 bits per heavy atom. The maximum absolute atomic E-state index is 12.7. The Morgan fingerprint density at radius 1 is 0.920 bits per heavy atom. The van der Waals surface area contributed by atoms with E-state index in [1.807, 2.05) is 54.6 Å². The molecule has 0 radical (unpaired) electrons. The number of amides is 2. The largest absolute Gasteiger partial charge is 0.328 e. The van der Waals surface area contributed by atoms with Crippen molar-refractivity contribution in [3.8, 4) is 0 Å². The molecule has 25 heavy (non-hydrogen) atoms. The second kappa shape index (κ2) is 6.71. The summed E-state index contributed by atoms with van der Waals surface area (Å²) in [6.45, 7) is 7.62. The van der Waals surface area contributed by atoms with Crippen molar-refractivity contribution in [3.05, 3.63) is 65.7 Å². The van der Waals surface area contributed by atoms with Gasteiger partial charge in [-0.25, -0.2) is 0 Å².